The Morgan fingerprint density at radius 2 is 1.62 bits per heavy atom. The minimum Gasteiger partial charge on any atom is -0.395 e. The van der Waals surface area contributed by atoms with Crippen molar-refractivity contribution in [2.45, 2.75) is 0 Å². The van der Waals surface area contributed by atoms with Crippen LogP contribution >= 0.6 is 15.9 Å². The Morgan fingerprint density at radius 3 is 2.25 bits per heavy atom. The van der Waals surface area contributed by atoms with Crippen LogP contribution in [0.15, 0.2) is 19.8 Å². The number of carbonyl (C=O) groups is 2. The van der Waals surface area contributed by atoms with Gasteiger partial charge in [-0.05, 0) is 15.9 Å². The molecule has 1 aromatic rings. The van der Waals surface area contributed by atoms with Crippen molar-refractivity contribution >= 4 is 27.5 Å². The van der Waals surface area contributed by atoms with Gasteiger partial charge >= 0.3 is 5.69 Å². The number of ketones is 2. The maximum absolute atomic E-state index is 11.6. The first-order chi connectivity index (χ1) is 7.43. The highest BCUT2D eigenvalue weighted by molar-refractivity contribution is 9.12. The van der Waals surface area contributed by atoms with Crippen LogP contribution in [0.25, 0.3) is 0 Å². The number of carbonyl (C=O) groups excluding carboxylic acids is 2. The predicted molar refractivity (Wildman–Crippen MR) is 56.5 cm³/mol. The van der Waals surface area contributed by atoms with Gasteiger partial charge < -0.3 is 10.7 Å². The first-order valence-corrected chi connectivity index (χ1v) is 4.84. The molecule has 8 heteroatoms. The standard InChI is InChI=1S/C8H4BrN3O4/c9-2-3(10)5(13)1-4(6(2)14)11-8(16)12-7(1)15/h10H2,(H2,11,12,15,16). The van der Waals surface area contributed by atoms with E-state index in [1.54, 1.807) is 0 Å². The second-order valence-electron chi connectivity index (χ2n) is 3.04. The zero-order chi connectivity index (χ0) is 12.0. The number of hydrogen-bond acceptors (Lipinski definition) is 5. The normalized spacial score (nSPS) is 15.3. The summed E-state index contributed by atoms with van der Waals surface area (Å²) in [7, 11) is 0. The van der Waals surface area contributed by atoms with Gasteiger partial charge in [-0.25, -0.2) is 4.79 Å². The molecule has 82 valence electrons. The average molecular weight is 286 g/mol. The minimum atomic E-state index is -0.931. The lowest BCUT2D eigenvalue weighted by molar-refractivity contribution is 0.0975. The van der Waals surface area contributed by atoms with E-state index in [9.17, 15) is 19.2 Å². The summed E-state index contributed by atoms with van der Waals surface area (Å²) in [5.74, 6) is -1.49. The van der Waals surface area contributed by atoms with E-state index in [-0.39, 0.29) is 15.9 Å². The maximum atomic E-state index is 11.6. The van der Waals surface area contributed by atoms with Crippen LogP contribution in [0.3, 0.4) is 0 Å². The minimum absolute atomic E-state index is 0.161. The highest BCUT2D eigenvalue weighted by Crippen LogP contribution is 2.23. The molecule has 0 fully saturated rings. The summed E-state index contributed by atoms with van der Waals surface area (Å²) in [5.41, 5.74) is 2.43. The molecule has 0 bridgehead atoms. The fourth-order valence-corrected chi connectivity index (χ4v) is 1.72. The first kappa shape index (κ1) is 10.6. The quantitative estimate of drug-likeness (QED) is 0.564. The molecule has 2 rings (SSSR count). The summed E-state index contributed by atoms with van der Waals surface area (Å²) in [4.78, 5) is 49.5. The zero-order valence-corrected chi connectivity index (χ0v) is 9.17. The monoisotopic (exact) mass is 285 g/mol. The number of fused-ring (bicyclic) bond motifs is 1. The van der Waals surface area contributed by atoms with Crippen LogP contribution in [-0.4, -0.2) is 21.5 Å². The van der Waals surface area contributed by atoms with E-state index >= 15 is 0 Å². The van der Waals surface area contributed by atoms with Gasteiger partial charge in [0.25, 0.3) is 5.56 Å². The lowest BCUT2D eigenvalue weighted by Gasteiger charge is -2.12. The molecule has 0 radical (unpaired) electrons. The molecule has 0 saturated carbocycles. The van der Waals surface area contributed by atoms with E-state index < -0.39 is 28.4 Å². The van der Waals surface area contributed by atoms with E-state index in [1.165, 1.54) is 0 Å². The van der Waals surface area contributed by atoms with Crippen LogP contribution in [0.4, 0.5) is 0 Å². The number of rotatable bonds is 0. The van der Waals surface area contributed by atoms with Crippen LogP contribution in [0, 0.1) is 0 Å². The number of halogens is 1. The van der Waals surface area contributed by atoms with Gasteiger partial charge in [0.05, 0.1) is 10.2 Å². The fraction of sp³-hybridized carbons (Fsp3) is 0. The molecule has 0 amide bonds. The topological polar surface area (TPSA) is 126 Å². The average Bonchev–Trinajstić information content (AvgIpc) is 2.22. The van der Waals surface area contributed by atoms with Gasteiger partial charge in [0, 0.05) is 0 Å². The summed E-state index contributed by atoms with van der Waals surface area (Å²) in [6.07, 6.45) is 0. The predicted octanol–water partition coefficient (Wildman–Crippen LogP) is -0.993. The van der Waals surface area contributed by atoms with E-state index in [0.29, 0.717) is 0 Å². The smallest absolute Gasteiger partial charge is 0.326 e. The number of aromatic amines is 2. The molecule has 0 aliphatic heterocycles. The third kappa shape index (κ3) is 1.27. The van der Waals surface area contributed by atoms with Gasteiger partial charge in [-0.3, -0.25) is 19.4 Å². The number of nitrogens with two attached hydrogens (primary N) is 1. The molecule has 1 aliphatic carbocycles. The third-order valence-electron chi connectivity index (χ3n) is 2.08. The first-order valence-electron chi connectivity index (χ1n) is 4.04. The van der Waals surface area contributed by atoms with E-state index in [4.69, 9.17) is 5.73 Å². The Balaban J connectivity index is 2.92. The third-order valence-corrected chi connectivity index (χ3v) is 2.86. The number of Topliss-reactive ketones (excluding diaryl/α,β-unsaturated/α-hetero) is 2. The van der Waals surface area contributed by atoms with Crippen LogP contribution in [-0.2, 0) is 0 Å². The molecule has 16 heavy (non-hydrogen) atoms. The molecule has 7 nitrogen and oxygen atoms in total. The lowest BCUT2D eigenvalue weighted by atomic mass is 9.99. The molecular weight excluding hydrogens is 282 g/mol. The number of nitrogens with one attached hydrogen (secondary N) is 2. The molecule has 0 spiro atoms. The highest BCUT2D eigenvalue weighted by atomic mass is 79.9. The fourth-order valence-electron chi connectivity index (χ4n) is 1.34. The van der Waals surface area contributed by atoms with Crippen molar-refractivity contribution in [3.63, 3.8) is 0 Å². The van der Waals surface area contributed by atoms with Crippen molar-refractivity contribution in [3.05, 3.63) is 42.3 Å². The summed E-state index contributed by atoms with van der Waals surface area (Å²) in [6, 6.07) is 0. The molecule has 4 N–H and O–H groups in total. The van der Waals surface area contributed by atoms with Crippen LogP contribution < -0.4 is 17.0 Å². The Kier molecular flexibility index (Phi) is 2.16. The van der Waals surface area contributed by atoms with E-state index in [2.05, 4.69) is 20.9 Å². The Morgan fingerprint density at radius 1 is 1.00 bits per heavy atom. The largest absolute Gasteiger partial charge is 0.395 e. The summed E-state index contributed by atoms with van der Waals surface area (Å²) < 4.78 is -0.161. The lowest BCUT2D eigenvalue weighted by Crippen LogP contribution is -2.37. The van der Waals surface area contributed by atoms with Gasteiger partial charge in [0.2, 0.25) is 11.6 Å². The summed E-state index contributed by atoms with van der Waals surface area (Å²) in [5, 5.41) is 0. The van der Waals surface area contributed by atoms with Gasteiger partial charge in [-0.2, -0.15) is 0 Å². The van der Waals surface area contributed by atoms with Crippen molar-refractivity contribution in [3.8, 4) is 0 Å². The summed E-state index contributed by atoms with van der Waals surface area (Å²) >= 11 is 2.83. The maximum Gasteiger partial charge on any atom is 0.326 e. The second-order valence-corrected chi connectivity index (χ2v) is 3.84. The van der Waals surface area contributed by atoms with E-state index in [0.717, 1.165) is 0 Å². The number of aromatic nitrogens is 2. The Labute approximate surface area is 95.5 Å². The van der Waals surface area contributed by atoms with Crippen molar-refractivity contribution in [2.24, 2.45) is 5.73 Å². The van der Waals surface area contributed by atoms with Gasteiger partial charge in [-0.1, -0.05) is 0 Å². The number of H-pyrrole nitrogens is 2. The molecule has 0 unspecified atom stereocenters. The van der Waals surface area contributed by atoms with Crippen molar-refractivity contribution < 1.29 is 9.59 Å². The molecule has 0 saturated heterocycles. The number of hydrogen-bond donors (Lipinski definition) is 3. The van der Waals surface area contributed by atoms with Crippen LogP contribution in [0.2, 0.25) is 0 Å². The Bertz CT molecular complexity index is 667. The van der Waals surface area contributed by atoms with Crippen LogP contribution in [0.1, 0.15) is 20.8 Å². The molecule has 1 aliphatic rings. The molecule has 0 atom stereocenters. The SMILES string of the molecule is NC1=C(Br)C(=O)c2[nH]c(=O)[nH]c(=O)c2C1=O. The molecular formula is C8H4BrN3O4. The molecule has 1 aromatic heterocycles. The zero-order valence-electron chi connectivity index (χ0n) is 7.59. The van der Waals surface area contributed by atoms with E-state index in [1.807, 2.05) is 4.98 Å². The summed E-state index contributed by atoms with van der Waals surface area (Å²) in [6.45, 7) is 0. The number of allylic oxidation sites excluding steroid dienone is 2. The Hall–Kier alpha value is -1.96. The highest BCUT2D eigenvalue weighted by Gasteiger charge is 2.32. The second kappa shape index (κ2) is 3.27. The van der Waals surface area contributed by atoms with Gasteiger partial charge in [0.15, 0.2) is 0 Å². The van der Waals surface area contributed by atoms with Crippen molar-refractivity contribution in [1.29, 1.82) is 0 Å². The van der Waals surface area contributed by atoms with Gasteiger partial charge in [0.1, 0.15) is 11.3 Å². The molecule has 1 heterocycles. The van der Waals surface area contributed by atoms with Crippen molar-refractivity contribution in [2.75, 3.05) is 0 Å². The van der Waals surface area contributed by atoms with Crippen LogP contribution in [0.5, 0.6) is 0 Å². The van der Waals surface area contributed by atoms with Gasteiger partial charge in [-0.15, -0.1) is 0 Å². The van der Waals surface area contributed by atoms with Crippen molar-refractivity contribution in [1.82, 2.24) is 9.97 Å². The molecule has 0 aromatic carbocycles.